The monoisotopic (exact) mass is 404 g/mol. The Hall–Kier alpha value is -3.68. The van der Waals surface area contributed by atoms with Gasteiger partial charge in [-0.25, -0.2) is 4.98 Å². The van der Waals surface area contributed by atoms with Gasteiger partial charge in [0.15, 0.2) is 0 Å². The second-order valence-electron chi connectivity index (χ2n) is 8.10. The van der Waals surface area contributed by atoms with E-state index in [1.807, 2.05) is 73.9 Å². The quantitative estimate of drug-likeness (QED) is 0.285. The van der Waals surface area contributed by atoms with E-state index in [-0.39, 0.29) is 6.42 Å². The van der Waals surface area contributed by atoms with Gasteiger partial charge in [0.05, 0.1) is 46.5 Å². The molecule has 8 nitrogen and oxygen atoms in total. The van der Waals surface area contributed by atoms with Crippen molar-refractivity contribution in [1.82, 2.24) is 19.3 Å². The fraction of sp³-hybridized carbons (Fsp3) is 0.273. The molecule has 154 valence electrons. The summed E-state index contributed by atoms with van der Waals surface area (Å²) in [6, 6.07) is 15.6. The Labute approximate surface area is 173 Å². The average Bonchev–Trinajstić information content (AvgIpc) is 3.37. The lowest BCUT2D eigenvalue weighted by Crippen LogP contribution is -2.43. The molecule has 0 fully saturated rings. The number of benzene rings is 2. The third kappa shape index (κ3) is 3.10. The molecule has 2 N–H and O–H groups in total. The van der Waals surface area contributed by atoms with Crippen LogP contribution < -0.4 is 0 Å². The molecule has 4 rings (SSSR count). The number of hydrogen-bond donors (Lipinski definition) is 2. The van der Waals surface area contributed by atoms with Gasteiger partial charge in [0.25, 0.3) is 0 Å². The number of aromatic nitrogens is 4. The van der Waals surface area contributed by atoms with E-state index < -0.39 is 11.1 Å². The highest BCUT2D eigenvalue weighted by Gasteiger charge is 2.37. The largest absolute Gasteiger partial charge is 0.411 e. The number of nitrogens with zero attached hydrogens (tertiary/aromatic N) is 6. The SMILES string of the molecule is CC(C=NO)(CC(=NO)C(C)(C)n1cnc2ccccc21)n1ncc2ccccc21. The van der Waals surface area contributed by atoms with Crippen LogP contribution in [-0.4, -0.2) is 41.7 Å². The highest BCUT2D eigenvalue weighted by molar-refractivity contribution is 5.96. The molecule has 0 bridgehead atoms. The molecule has 4 aromatic rings. The van der Waals surface area contributed by atoms with Crippen LogP contribution in [0, 0.1) is 0 Å². The van der Waals surface area contributed by atoms with Crippen LogP contribution in [0.15, 0.2) is 71.4 Å². The summed E-state index contributed by atoms with van der Waals surface area (Å²) < 4.78 is 3.77. The minimum atomic E-state index is -0.868. The summed E-state index contributed by atoms with van der Waals surface area (Å²) in [7, 11) is 0. The maximum absolute atomic E-state index is 9.99. The molecular weight excluding hydrogens is 380 g/mol. The predicted octanol–water partition coefficient (Wildman–Crippen LogP) is 4.22. The van der Waals surface area contributed by atoms with Crippen molar-refractivity contribution in [2.24, 2.45) is 10.3 Å². The van der Waals surface area contributed by atoms with E-state index in [2.05, 4.69) is 20.4 Å². The Balaban J connectivity index is 1.78. The molecule has 8 heteroatoms. The van der Waals surface area contributed by atoms with Gasteiger partial charge in [-0.3, -0.25) is 4.68 Å². The van der Waals surface area contributed by atoms with Crippen LogP contribution >= 0.6 is 0 Å². The van der Waals surface area contributed by atoms with Crippen LogP contribution in [0.25, 0.3) is 21.9 Å². The van der Waals surface area contributed by atoms with Gasteiger partial charge in [-0.1, -0.05) is 40.6 Å². The van der Waals surface area contributed by atoms with Crippen LogP contribution in [0.4, 0.5) is 0 Å². The summed E-state index contributed by atoms with van der Waals surface area (Å²) in [6.07, 6.45) is 5.19. The lowest BCUT2D eigenvalue weighted by Gasteiger charge is -2.34. The zero-order valence-corrected chi connectivity index (χ0v) is 17.1. The molecule has 30 heavy (non-hydrogen) atoms. The molecule has 0 aliphatic rings. The van der Waals surface area contributed by atoms with Crippen molar-refractivity contribution in [3.63, 3.8) is 0 Å². The minimum Gasteiger partial charge on any atom is -0.411 e. The molecular formula is C22H24N6O2. The predicted molar refractivity (Wildman–Crippen MR) is 117 cm³/mol. The van der Waals surface area contributed by atoms with Crippen molar-refractivity contribution >= 4 is 33.9 Å². The maximum Gasteiger partial charge on any atom is 0.104 e. The molecule has 0 radical (unpaired) electrons. The van der Waals surface area contributed by atoms with Gasteiger partial charge in [0, 0.05) is 11.8 Å². The Kier molecular flexibility index (Phi) is 4.77. The van der Waals surface area contributed by atoms with Crippen LogP contribution in [0.5, 0.6) is 0 Å². The van der Waals surface area contributed by atoms with Crippen molar-refractivity contribution in [1.29, 1.82) is 0 Å². The molecule has 0 aliphatic heterocycles. The van der Waals surface area contributed by atoms with E-state index in [1.54, 1.807) is 17.2 Å². The molecule has 0 saturated carbocycles. The van der Waals surface area contributed by atoms with Crippen molar-refractivity contribution in [2.45, 2.75) is 38.3 Å². The standard InChI is InChI=1S/C22H24N6O2/c1-21(2,27-15-23-17-9-5-7-11-19(17)27)20(26-30)12-22(3,14-25-29)28-18-10-6-4-8-16(18)13-24-28/h4-11,13-15,29-30H,12H2,1-3H3. The summed E-state index contributed by atoms with van der Waals surface area (Å²) in [5.74, 6) is 0. The normalized spacial score (nSPS) is 15.2. The third-order valence-corrected chi connectivity index (χ3v) is 5.71. The number of rotatable bonds is 6. The van der Waals surface area contributed by atoms with Gasteiger partial charge >= 0.3 is 0 Å². The zero-order valence-electron chi connectivity index (χ0n) is 17.1. The molecule has 0 saturated heterocycles. The number of hydrogen-bond acceptors (Lipinski definition) is 6. The first-order chi connectivity index (χ1) is 14.4. The van der Waals surface area contributed by atoms with Gasteiger partial charge in [0.2, 0.25) is 0 Å². The molecule has 0 amide bonds. The van der Waals surface area contributed by atoms with Crippen LogP contribution in [0.1, 0.15) is 27.2 Å². The van der Waals surface area contributed by atoms with Crippen molar-refractivity contribution < 1.29 is 10.4 Å². The molecule has 2 aromatic carbocycles. The Morgan fingerprint density at radius 2 is 1.73 bits per heavy atom. The first-order valence-electron chi connectivity index (χ1n) is 9.66. The molecule has 0 aliphatic carbocycles. The van der Waals surface area contributed by atoms with Crippen LogP contribution in [0.2, 0.25) is 0 Å². The van der Waals surface area contributed by atoms with Crippen LogP contribution in [0.3, 0.4) is 0 Å². The zero-order chi connectivity index (χ0) is 21.4. The van der Waals surface area contributed by atoms with E-state index in [9.17, 15) is 10.4 Å². The first kappa shape index (κ1) is 19.6. The summed E-state index contributed by atoms with van der Waals surface area (Å²) in [5.41, 5.74) is 1.62. The molecule has 0 spiro atoms. The van der Waals surface area contributed by atoms with E-state index in [0.29, 0.717) is 5.71 Å². The fourth-order valence-electron chi connectivity index (χ4n) is 3.94. The van der Waals surface area contributed by atoms with Crippen LogP contribution in [-0.2, 0) is 11.1 Å². The third-order valence-electron chi connectivity index (χ3n) is 5.71. The summed E-state index contributed by atoms with van der Waals surface area (Å²) in [4.78, 5) is 4.47. The first-order valence-corrected chi connectivity index (χ1v) is 9.66. The lowest BCUT2D eigenvalue weighted by molar-refractivity contribution is 0.294. The van der Waals surface area contributed by atoms with E-state index >= 15 is 0 Å². The minimum absolute atomic E-state index is 0.263. The highest BCUT2D eigenvalue weighted by Crippen LogP contribution is 2.31. The van der Waals surface area contributed by atoms with E-state index in [1.165, 1.54) is 6.21 Å². The van der Waals surface area contributed by atoms with E-state index in [0.717, 1.165) is 21.9 Å². The summed E-state index contributed by atoms with van der Waals surface area (Å²) >= 11 is 0. The Bertz CT molecular complexity index is 1250. The number of para-hydroxylation sites is 3. The van der Waals surface area contributed by atoms with Crippen molar-refractivity contribution in [3.8, 4) is 0 Å². The van der Waals surface area contributed by atoms with Gasteiger partial charge in [-0.05, 0) is 39.0 Å². The van der Waals surface area contributed by atoms with Gasteiger partial charge < -0.3 is 15.0 Å². The smallest absolute Gasteiger partial charge is 0.104 e. The van der Waals surface area contributed by atoms with Crippen molar-refractivity contribution in [3.05, 3.63) is 61.1 Å². The second-order valence-corrected chi connectivity index (χ2v) is 8.10. The van der Waals surface area contributed by atoms with E-state index in [4.69, 9.17) is 0 Å². The molecule has 2 heterocycles. The highest BCUT2D eigenvalue weighted by atomic mass is 16.4. The second kappa shape index (κ2) is 7.29. The topological polar surface area (TPSA) is 101 Å². The molecule has 1 unspecified atom stereocenters. The molecule has 2 aromatic heterocycles. The number of oxime groups is 2. The van der Waals surface area contributed by atoms with Gasteiger partial charge in [0.1, 0.15) is 5.54 Å². The van der Waals surface area contributed by atoms with Crippen molar-refractivity contribution in [2.75, 3.05) is 0 Å². The summed E-state index contributed by atoms with van der Waals surface area (Å²) in [5, 5.41) is 31.9. The van der Waals surface area contributed by atoms with Gasteiger partial charge in [-0.2, -0.15) is 5.10 Å². The number of imidazole rings is 1. The summed E-state index contributed by atoms with van der Waals surface area (Å²) in [6.45, 7) is 5.82. The Morgan fingerprint density at radius 3 is 2.47 bits per heavy atom. The maximum atomic E-state index is 9.99. The Morgan fingerprint density at radius 1 is 1.03 bits per heavy atom. The average molecular weight is 404 g/mol. The number of fused-ring (bicyclic) bond motifs is 2. The fourth-order valence-corrected chi connectivity index (χ4v) is 3.94. The lowest BCUT2D eigenvalue weighted by atomic mass is 9.86. The van der Waals surface area contributed by atoms with Gasteiger partial charge in [-0.15, -0.1) is 0 Å². The molecule has 1 atom stereocenters.